The monoisotopic (exact) mass is 239 g/mol. The summed E-state index contributed by atoms with van der Waals surface area (Å²) in [5.41, 5.74) is 0.348. The zero-order chi connectivity index (χ0) is 12.9. The minimum atomic E-state index is -0.391. The summed E-state index contributed by atoms with van der Waals surface area (Å²) in [4.78, 5) is 11.7. The van der Waals surface area contributed by atoms with E-state index in [9.17, 15) is 4.79 Å². The van der Waals surface area contributed by atoms with Gasteiger partial charge in [-0.05, 0) is 6.42 Å². The Morgan fingerprint density at radius 3 is 2.82 bits per heavy atom. The van der Waals surface area contributed by atoms with E-state index >= 15 is 0 Å². The van der Waals surface area contributed by atoms with Gasteiger partial charge >= 0.3 is 0 Å². The van der Waals surface area contributed by atoms with E-state index in [0.717, 1.165) is 18.7 Å². The number of carbonyl (C=O) groups is 1. The van der Waals surface area contributed by atoms with E-state index < -0.39 is 5.41 Å². The van der Waals surface area contributed by atoms with Crippen molar-refractivity contribution in [1.29, 1.82) is 0 Å². The van der Waals surface area contributed by atoms with Crippen LogP contribution < -0.4 is 5.32 Å². The molecule has 1 rings (SSSR count). The number of hydrogen-bond acceptors (Lipinski definition) is 3. The molecule has 96 valence electrons. The van der Waals surface area contributed by atoms with Gasteiger partial charge in [-0.1, -0.05) is 20.8 Å². The Labute approximate surface area is 102 Å². The first-order valence-corrected chi connectivity index (χ1v) is 5.76. The summed E-state index contributed by atoms with van der Waals surface area (Å²) < 4.78 is 6.77. The number of methoxy groups -OCH3 is 1. The highest BCUT2D eigenvalue weighted by Crippen LogP contribution is 2.16. The van der Waals surface area contributed by atoms with Gasteiger partial charge < -0.3 is 10.1 Å². The highest BCUT2D eigenvalue weighted by atomic mass is 16.5. The SMILES string of the molecule is COCCCn1cc(NC(=O)C(C)(C)C)cn1. The van der Waals surface area contributed by atoms with Crippen molar-refractivity contribution in [3.05, 3.63) is 12.4 Å². The van der Waals surface area contributed by atoms with Crippen LogP contribution >= 0.6 is 0 Å². The van der Waals surface area contributed by atoms with Gasteiger partial charge in [-0.25, -0.2) is 0 Å². The van der Waals surface area contributed by atoms with E-state index in [2.05, 4.69) is 10.4 Å². The maximum Gasteiger partial charge on any atom is 0.229 e. The van der Waals surface area contributed by atoms with Crippen LogP contribution in [0.1, 0.15) is 27.2 Å². The molecule has 1 heterocycles. The molecule has 0 atom stereocenters. The van der Waals surface area contributed by atoms with Crippen molar-refractivity contribution >= 4 is 11.6 Å². The van der Waals surface area contributed by atoms with Crippen LogP contribution in [-0.2, 0) is 16.1 Å². The third kappa shape index (κ3) is 4.56. The summed E-state index contributed by atoms with van der Waals surface area (Å²) in [5.74, 6) is -0.00561. The van der Waals surface area contributed by atoms with E-state index in [4.69, 9.17) is 4.74 Å². The molecule has 0 aliphatic rings. The molecule has 0 aliphatic heterocycles. The number of ether oxygens (including phenoxy) is 1. The number of aryl methyl sites for hydroxylation is 1. The molecule has 1 amide bonds. The number of amides is 1. The Kier molecular flexibility index (Phi) is 4.69. The second kappa shape index (κ2) is 5.82. The lowest BCUT2D eigenvalue weighted by Gasteiger charge is -2.16. The first kappa shape index (κ1) is 13.7. The molecule has 0 saturated heterocycles. The average molecular weight is 239 g/mol. The van der Waals surface area contributed by atoms with Gasteiger partial charge in [-0.15, -0.1) is 0 Å². The molecule has 0 radical (unpaired) electrons. The lowest BCUT2D eigenvalue weighted by molar-refractivity contribution is -0.123. The minimum Gasteiger partial charge on any atom is -0.385 e. The van der Waals surface area contributed by atoms with E-state index in [0.29, 0.717) is 6.61 Å². The molecule has 1 N–H and O–H groups in total. The van der Waals surface area contributed by atoms with Crippen LogP contribution in [-0.4, -0.2) is 29.4 Å². The molecule has 0 aliphatic carbocycles. The van der Waals surface area contributed by atoms with Gasteiger partial charge in [0.15, 0.2) is 0 Å². The van der Waals surface area contributed by atoms with Crippen molar-refractivity contribution in [3.8, 4) is 0 Å². The van der Waals surface area contributed by atoms with Gasteiger partial charge in [0.2, 0.25) is 5.91 Å². The van der Waals surface area contributed by atoms with E-state index in [-0.39, 0.29) is 5.91 Å². The Morgan fingerprint density at radius 2 is 2.24 bits per heavy atom. The van der Waals surface area contributed by atoms with Gasteiger partial charge in [0.1, 0.15) is 0 Å². The zero-order valence-electron chi connectivity index (χ0n) is 11.0. The molecule has 0 unspecified atom stereocenters. The summed E-state index contributed by atoms with van der Waals surface area (Å²) in [6, 6.07) is 0. The third-order valence-electron chi connectivity index (χ3n) is 2.31. The van der Waals surface area contributed by atoms with Gasteiger partial charge in [-0.2, -0.15) is 5.10 Å². The second-order valence-corrected chi connectivity index (χ2v) is 5.04. The van der Waals surface area contributed by atoms with Crippen LogP contribution in [0.4, 0.5) is 5.69 Å². The Bertz CT molecular complexity index is 366. The summed E-state index contributed by atoms with van der Waals surface area (Å²) in [6.07, 6.45) is 4.40. The van der Waals surface area contributed by atoms with E-state index in [1.165, 1.54) is 0 Å². The fourth-order valence-corrected chi connectivity index (χ4v) is 1.24. The zero-order valence-corrected chi connectivity index (χ0v) is 11.0. The highest BCUT2D eigenvalue weighted by molar-refractivity contribution is 5.94. The molecule has 0 fully saturated rings. The minimum absolute atomic E-state index is 0.00561. The molecule has 0 aromatic carbocycles. The largest absolute Gasteiger partial charge is 0.385 e. The van der Waals surface area contributed by atoms with Crippen LogP contribution in [0.25, 0.3) is 0 Å². The fourth-order valence-electron chi connectivity index (χ4n) is 1.24. The quantitative estimate of drug-likeness (QED) is 0.798. The van der Waals surface area contributed by atoms with Crippen LogP contribution in [0, 0.1) is 5.41 Å². The molecule has 5 nitrogen and oxygen atoms in total. The summed E-state index contributed by atoms with van der Waals surface area (Å²) in [5, 5.41) is 7.01. The first-order chi connectivity index (χ1) is 7.93. The van der Waals surface area contributed by atoms with Crippen LogP contribution in [0.2, 0.25) is 0 Å². The maximum absolute atomic E-state index is 11.7. The standard InChI is InChI=1S/C12H21N3O2/c1-12(2,3)11(16)14-10-8-13-15(9-10)6-5-7-17-4/h8-9H,5-7H2,1-4H3,(H,14,16). The predicted octanol–water partition coefficient (Wildman–Crippen LogP) is 1.90. The number of nitrogens with zero attached hydrogens (tertiary/aromatic N) is 2. The van der Waals surface area contributed by atoms with E-state index in [1.54, 1.807) is 18.0 Å². The molecule has 0 bridgehead atoms. The smallest absolute Gasteiger partial charge is 0.229 e. The Balaban J connectivity index is 2.48. The lowest BCUT2D eigenvalue weighted by Crippen LogP contribution is -2.27. The molecular formula is C12H21N3O2. The molecular weight excluding hydrogens is 218 g/mol. The average Bonchev–Trinajstić information content (AvgIpc) is 2.65. The van der Waals surface area contributed by atoms with Gasteiger partial charge in [0, 0.05) is 31.9 Å². The van der Waals surface area contributed by atoms with E-state index in [1.807, 2.05) is 27.0 Å². The Morgan fingerprint density at radius 1 is 1.53 bits per heavy atom. The number of aromatic nitrogens is 2. The number of hydrogen-bond donors (Lipinski definition) is 1. The van der Waals surface area contributed by atoms with Crippen LogP contribution in [0.3, 0.4) is 0 Å². The molecule has 17 heavy (non-hydrogen) atoms. The number of anilines is 1. The number of carbonyl (C=O) groups excluding carboxylic acids is 1. The molecule has 5 heteroatoms. The van der Waals surface area contributed by atoms with Gasteiger partial charge in [-0.3, -0.25) is 9.48 Å². The first-order valence-electron chi connectivity index (χ1n) is 5.76. The normalized spacial score (nSPS) is 11.5. The maximum atomic E-state index is 11.7. The second-order valence-electron chi connectivity index (χ2n) is 5.04. The molecule has 1 aromatic heterocycles. The summed E-state index contributed by atoms with van der Waals surface area (Å²) >= 11 is 0. The van der Waals surface area contributed by atoms with Crippen LogP contribution in [0.15, 0.2) is 12.4 Å². The summed E-state index contributed by atoms with van der Waals surface area (Å²) in [6.45, 7) is 7.14. The van der Waals surface area contributed by atoms with Crippen molar-refractivity contribution in [2.24, 2.45) is 5.41 Å². The van der Waals surface area contributed by atoms with Crippen molar-refractivity contribution in [3.63, 3.8) is 0 Å². The summed E-state index contributed by atoms with van der Waals surface area (Å²) in [7, 11) is 1.68. The number of nitrogens with one attached hydrogen (secondary N) is 1. The van der Waals surface area contributed by atoms with Gasteiger partial charge in [0.05, 0.1) is 11.9 Å². The number of rotatable bonds is 5. The molecule has 0 spiro atoms. The topological polar surface area (TPSA) is 56.1 Å². The molecule has 1 aromatic rings. The third-order valence-corrected chi connectivity index (χ3v) is 2.31. The highest BCUT2D eigenvalue weighted by Gasteiger charge is 2.21. The van der Waals surface area contributed by atoms with Crippen molar-refractivity contribution in [2.75, 3.05) is 19.0 Å². The predicted molar refractivity (Wildman–Crippen MR) is 66.8 cm³/mol. The molecule has 0 saturated carbocycles. The van der Waals surface area contributed by atoms with Crippen molar-refractivity contribution in [1.82, 2.24) is 9.78 Å². The Hall–Kier alpha value is -1.36. The van der Waals surface area contributed by atoms with Crippen LogP contribution in [0.5, 0.6) is 0 Å². The van der Waals surface area contributed by atoms with Gasteiger partial charge in [0.25, 0.3) is 0 Å². The van der Waals surface area contributed by atoms with Crippen molar-refractivity contribution in [2.45, 2.75) is 33.7 Å². The lowest BCUT2D eigenvalue weighted by atomic mass is 9.96. The van der Waals surface area contributed by atoms with Crippen molar-refractivity contribution < 1.29 is 9.53 Å². The fraction of sp³-hybridized carbons (Fsp3) is 0.667.